The van der Waals surface area contributed by atoms with E-state index >= 15 is 0 Å². The number of piperidine rings is 1. The van der Waals surface area contributed by atoms with Crippen LogP contribution in [0.3, 0.4) is 0 Å². The summed E-state index contributed by atoms with van der Waals surface area (Å²) in [4.78, 5) is 37.3. The second-order valence-corrected chi connectivity index (χ2v) is 7.24. The van der Waals surface area contributed by atoms with Gasteiger partial charge in [-0.05, 0) is 45.2 Å². The topological polar surface area (TPSA) is 100 Å². The number of carbonyl (C=O) groups excluding carboxylic acids is 2. The van der Waals surface area contributed by atoms with Crippen molar-refractivity contribution in [1.82, 2.24) is 20.3 Å². The van der Waals surface area contributed by atoms with Crippen LogP contribution >= 0.6 is 0 Å². The molecule has 141 valence electrons. The number of fused-ring (bicyclic) bond motifs is 1. The van der Waals surface area contributed by atoms with Gasteiger partial charge in [0, 0.05) is 36.4 Å². The van der Waals surface area contributed by atoms with Crippen LogP contribution in [0.1, 0.15) is 33.6 Å². The number of amides is 1. The van der Waals surface area contributed by atoms with Gasteiger partial charge in [0.15, 0.2) is 0 Å². The monoisotopic (exact) mass is 399 g/mol. The molecule has 0 aliphatic carbocycles. The fraction of sp³-hybridized carbons (Fsp3) is 0.529. The van der Waals surface area contributed by atoms with Gasteiger partial charge in [0.05, 0.1) is 5.39 Å². The molecule has 0 spiro atoms. The molecule has 3 rings (SSSR count). The largest absolute Gasteiger partial charge is 0.540 e. The summed E-state index contributed by atoms with van der Waals surface area (Å²) >= 11 is 0. The number of aromatic amines is 1. The molecule has 2 aromatic rings. The number of carbonyl (C=O) groups is 1. The fourth-order valence-corrected chi connectivity index (χ4v) is 2.96. The fourth-order valence-electron chi connectivity index (χ4n) is 2.96. The Morgan fingerprint density at radius 3 is 2.65 bits per heavy atom. The molecular weight excluding hydrogens is 377 g/mol. The Balaban J connectivity index is 0.00000243. The SMILES string of the molecule is CC(C)(C)OC(=O)NC1([C-]=O)CCN(c2ncnc3[nH]ccc23)CC1.[Mn]. The van der Waals surface area contributed by atoms with Gasteiger partial charge in [0.1, 0.15) is 23.4 Å². The Bertz CT molecular complexity index is 778. The molecule has 1 saturated heterocycles. The van der Waals surface area contributed by atoms with Gasteiger partial charge in [-0.2, -0.15) is 0 Å². The molecule has 1 amide bonds. The molecule has 0 unspecified atom stereocenters. The van der Waals surface area contributed by atoms with E-state index < -0.39 is 17.2 Å². The maximum absolute atomic E-state index is 12.0. The first-order chi connectivity index (χ1) is 11.8. The zero-order valence-corrected chi connectivity index (χ0v) is 16.2. The minimum absolute atomic E-state index is 0. The molecule has 2 N–H and O–H groups in total. The van der Waals surface area contributed by atoms with Crippen LogP contribution in [0, 0.1) is 0 Å². The molecule has 8 nitrogen and oxygen atoms in total. The summed E-state index contributed by atoms with van der Waals surface area (Å²) in [6.45, 7) is 6.49. The number of nitrogens with zero attached hydrogens (tertiary/aromatic N) is 3. The molecule has 1 aliphatic heterocycles. The van der Waals surface area contributed by atoms with Gasteiger partial charge in [0.2, 0.25) is 0 Å². The van der Waals surface area contributed by atoms with Crippen molar-refractivity contribution < 1.29 is 31.4 Å². The van der Waals surface area contributed by atoms with Crippen molar-refractivity contribution in [3.8, 4) is 0 Å². The van der Waals surface area contributed by atoms with Gasteiger partial charge < -0.3 is 24.7 Å². The number of H-pyrrole nitrogens is 1. The van der Waals surface area contributed by atoms with Gasteiger partial charge in [0.25, 0.3) is 0 Å². The average Bonchev–Trinajstić information content (AvgIpc) is 3.02. The molecule has 26 heavy (non-hydrogen) atoms. The third kappa shape index (κ3) is 4.34. The van der Waals surface area contributed by atoms with Gasteiger partial charge in [-0.3, -0.25) is 0 Å². The first kappa shape index (κ1) is 20.2. The summed E-state index contributed by atoms with van der Waals surface area (Å²) in [6.07, 6.45) is 5.62. The van der Waals surface area contributed by atoms with Gasteiger partial charge in [-0.1, -0.05) is 0 Å². The second kappa shape index (κ2) is 7.63. The third-order valence-electron chi connectivity index (χ3n) is 4.19. The van der Waals surface area contributed by atoms with Crippen molar-refractivity contribution in [3.63, 3.8) is 0 Å². The molecule has 9 heteroatoms. The molecule has 1 aliphatic rings. The van der Waals surface area contributed by atoms with E-state index in [0.717, 1.165) is 16.9 Å². The predicted molar refractivity (Wildman–Crippen MR) is 93.1 cm³/mol. The average molecular weight is 399 g/mol. The Kier molecular flexibility index (Phi) is 5.93. The number of nitrogens with one attached hydrogen (secondary N) is 2. The molecule has 2 aromatic heterocycles. The molecule has 1 fully saturated rings. The Labute approximate surface area is 162 Å². The van der Waals surface area contributed by atoms with Crippen LogP contribution in [-0.4, -0.2) is 51.6 Å². The van der Waals surface area contributed by atoms with E-state index in [-0.39, 0.29) is 17.1 Å². The summed E-state index contributed by atoms with van der Waals surface area (Å²) in [5.74, 6) is 0.822. The van der Waals surface area contributed by atoms with E-state index in [1.54, 1.807) is 20.8 Å². The van der Waals surface area contributed by atoms with Crippen molar-refractivity contribution in [2.24, 2.45) is 0 Å². The van der Waals surface area contributed by atoms with Crippen molar-refractivity contribution >= 4 is 29.2 Å². The molecule has 0 saturated carbocycles. The van der Waals surface area contributed by atoms with E-state index in [4.69, 9.17) is 4.74 Å². The number of aromatic nitrogens is 3. The molecule has 3 heterocycles. The van der Waals surface area contributed by atoms with Crippen LogP contribution in [-0.2, 0) is 26.6 Å². The first-order valence-electron chi connectivity index (χ1n) is 8.25. The summed E-state index contributed by atoms with van der Waals surface area (Å²) in [7, 11) is 0. The molecule has 1 radical (unpaired) electrons. The van der Waals surface area contributed by atoms with Gasteiger partial charge in [-0.25, -0.2) is 21.0 Å². The normalized spacial score (nSPS) is 16.7. The molecule has 0 aromatic carbocycles. The number of anilines is 1. The zero-order valence-electron chi connectivity index (χ0n) is 15.0. The van der Waals surface area contributed by atoms with Crippen molar-refractivity contribution in [2.75, 3.05) is 18.0 Å². The number of hydrogen-bond acceptors (Lipinski definition) is 6. The number of alkyl carbamates (subject to hydrolysis) is 1. The predicted octanol–water partition coefficient (Wildman–Crippen LogP) is 1.93. The summed E-state index contributed by atoms with van der Waals surface area (Å²) < 4.78 is 5.26. The van der Waals surface area contributed by atoms with Crippen molar-refractivity contribution in [2.45, 2.75) is 44.8 Å². The Morgan fingerprint density at radius 1 is 1.35 bits per heavy atom. The maximum atomic E-state index is 12.0. The van der Waals surface area contributed by atoms with Crippen molar-refractivity contribution in [3.05, 3.63) is 18.6 Å². The van der Waals surface area contributed by atoms with E-state index in [2.05, 4.69) is 25.2 Å². The summed E-state index contributed by atoms with van der Waals surface area (Å²) in [5.41, 5.74) is -0.866. The van der Waals surface area contributed by atoms with Crippen LogP contribution in [0.25, 0.3) is 11.0 Å². The van der Waals surface area contributed by atoms with E-state index in [1.165, 1.54) is 6.33 Å². The molecule has 0 bridgehead atoms. The number of ether oxygens (including phenoxy) is 1. The zero-order chi connectivity index (χ0) is 18.1. The first-order valence-corrected chi connectivity index (χ1v) is 8.25. The summed E-state index contributed by atoms with van der Waals surface area (Å²) in [5, 5.41) is 3.63. The van der Waals surface area contributed by atoms with E-state index in [9.17, 15) is 9.59 Å². The minimum Gasteiger partial charge on any atom is -0.540 e. The molecular formula is C17H22MnN5O3-. The Hall–Kier alpha value is -2.12. The van der Waals surface area contributed by atoms with Crippen LogP contribution in [0.2, 0.25) is 0 Å². The van der Waals surface area contributed by atoms with E-state index in [1.807, 2.05) is 18.5 Å². The van der Waals surface area contributed by atoms with Crippen LogP contribution in [0.4, 0.5) is 10.6 Å². The minimum atomic E-state index is -1.02. The van der Waals surface area contributed by atoms with Crippen LogP contribution < -0.4 is 10.2 Å². The maximum Gasteiger partial charge on any atom is 0.405 e. The van der Waals surface area contributed by atoms with Gasteiger partial charge >= 0.3 is 6.09 Å². The number of hydrogen-bond donors (Lipinski definition) is 2. The molecule has 0 atom stereocenters. The van der Waals surface area contributed by atoms with Gasteiger partial charge in [-0.15, -0.1) is 0 Å². The van der Waals surface area contributed by atoms with E-state index in [0.29, 0.717) is 25.9 Å². The standard InChI is InChI=1S/C17H22N5O3.Mn/c1-16(2,3)25-15(24)21-17(10-23)5-8-22(9-6-17)14-12-4-7-18-13(12)19-11-20-14;/h4,7,11H,5-6,8-9H2,1-3H3,(H,21,24)(H,18,19,20);/q-1;. The quantitative estimate of drug-likeness (QED) is 0.604. The number of rotatable bonds is 3. The van der Waals surface area contributed by atoms with Crippen LogP contribution in [0.15, 0.2) is 18.6 Å². The third-order valence-corrected chi connectivity index (χ3v) is 4.19. The summed E-state index contributed by atoms with van der Waals surface area (Å²) in [6, 6.07) is 1.93. The van der Waals surface area contributed by atoms with Crippen LogP contribution in [0.5, 0.6) is 0 Å². The van der Waals surface area contributed by atoms with Crippen molar-refractivity contribution in [1.29, 1.82) is 0 Å². The second-order valence-electron chi connectivity index (χ2n) is 7.24. The smallest absolute Gasteiger partial charge is 0.405 e. The Morgan fingerprint density at radius 2 is 2.04 bits per heavy atom.